The van der Waals surface area contributed by atoms with Gasteiger partial charge in [-0.25, -0.2) is 4.39 Å². The molecule has 0 spiro atoms. The highest BCUT2D eigenvalue weighted by atomic mass is 19.1. The van der Waals surface area contributed by atoms with Crippen molar-refractivity contribution in [1.29, 1.82) is 0 Å². The van der Waals surface area contributed by atoms with E-state index in [0.29, 0.717) is 18.0 Å². The average molecular weight is 224 g/mol. The first-order valence-electron chi connectivity index (χ1n) is 5.74. The fourth-order valence-corrected chi connectivity index (χ4v) is 1.63. The van der Waals surface area contributed by atoms with Crippen LogP contribution in [0, 0.1) is 18.7 Å². The van der Waals surface area contributed by atoms with Crippen LogP contribution in [-0.4, -0.2) is 13.1 Å². The molecule has 1 unspecified atom stereocenters. The molecule has 0 aromatic heterocycles. The monoisotopic (exact) mass is 224 g/mol. The second-order valence-corrected chi connectivity index (χ2v) is 4.62. The molecule has 1 aromatic rings. The van der Waals surface area contributed by atoms with Crippen LogP contribution in [0.1, 0.15) is 31.0 Å². The first-order chi connectivity index (χ1) is 7.54. The Balaban J connectivity index is 2.81. The Morgan fingerprint density at radius 3 is 2.62 bits per heavy atom. The maximum Gasteiger partial charge on any atom is 0.128 e. The van der Waals surface area contributed by atoms with E-state index >= 15 is 0 Å². The summed E-state index contributed by atoms with van der Waals surface area (Å²) in [7, 11) is 0. The molecule has 0 aliphatic carbocycles. The second-order valence-electron chi connectivity index (χ2n) is 4.62. The molecule has 0 aliphatic heterocycles. The van der Waals surface area contributed by atoms with Gasteiger partial charge in [-0.05, 0) is 25.5 Å². The molecule has 1 atom stereocenters. The molecule has 0 saturated carbocycles. The summed E-state index contributed by atoms with van der Waals surface area (Å²) in [4.78, 5) is 0. The van der Waals surface area contributed by atoms with Gasteiger partial charge in [-0.15, -0.1) is 0 Å². The van der Waals surface area contributed by atoms with E-state index in [-0.39, 0.29) is 11.9 Å². The van der Waals surface area contributed by atoms with Crippen molar-refractivity contribution in [3.63, 3.8) is 0 Å². The molecule has 0 saturated heterocycles. The maximum atomic E-state index is 13.6. The molecule has 1 rings (SSSR count). The SMILES string of the molecule is Cc1ccc(F)c(C(CN)NCC(C)C)c1. The Morgan fingerprint density at radius 1 is 1.38 bits per heavy atom. The van der Waals surface area contributed by atoms with Crippen molar-refractivity contribution in [2.45, 2.75) is 26.8 Å². The topological polar surface area (TPSA) is 38.0 Å². The van der Waals surface area contributed by atoms with Crippen molar-refractivity contribution in [2.24, 2.45) is 11.7 Å². The highest BCUT2D eigenvalue weighted by molar-refractivity contribution is 5.27. The zero-order valence-electron chi connectivity index (χ0n) is 10.3. The number of rotatable bonds is 5. The van der Waals surface area contributed by atoms with E-state index in [1.165, 1.54) is 6.07 Å². The summed E-state index contributed by atoms with van der Waals surface area (Å²) in [5.74, 6) is 0.347. The van der Waals surface area contributed by atoms with E-state index in [0.717, 1.165) is 12.1 Å². The molecule has 0 fully saturated rings. The lowest BCUT2D eigenvalue weighted by Crippen LogP contribution is -2.31. The molecule has 0 bridgehead atoms. The Kier molecular flexibility index (Phi) is 4.90. The van der Waals surface area contributed by atoms with Crippen molar-refractivity contribution >= 4 is 0 Å². The van der Waals surface area contributed by atoms with Crippen molar-refractivity contribution in [3.05, 3.63) is 35.1 Å². The number of aryl methyl sites for hydroxylation is 1. The zero-order chi connectivity index (χ0) is 12.1. The smallest absolute Gasteiger partial charge is 0.128 e. The van der Waals surface area contributed by atoms with Gasteiger partial charge in [-0.2, -0.15) is 0 Å². The lowest BCUT2D eigenvalue weighted by atomic mass is 10.0. The van der Waals surface area contributed by atoms with Crippen molar-refractivity contribution < 1.29 is 4.39 Å². The van der Waals surface area contributed by atoms with E-state index in [2.05, 4.69) is 19.2 Å². The highest BCUT2D eigenvalue weighted by Crippen LogP contribution is 2.18. The fraction of sp³-hybridized carbons (Fsp3) is 0.538. The second kappa shape index (κ2) is 5.97. The van der Waals surface area contributed by atoms with Gasteiger partial charge in [-0.3, -0.25) is 0 Å². The first-order valence-corrected chi connectivity index (χ1v) is 5.74. The van der Waals surface area contributed by atoms with Crippen LogP contribution in [0.3, 0.4) is 0 Å². The maximum absolute atomic E-state index is 13.6. The van der Waals surface area contributed by atoms with Crippen molar-refractivity contribution in [3.8, 4) is 0 Å². The molecule has 0 heterocycles. The minimum Gasteiger partial charge on any atom is -0.329 e. The van der Waals surface area contributed by atoms with E-state index in [9.17, 15) is 4.39 Å². The van der Waals surface area contributed by atoms with Gasteiger partial charge < -0.3 is 11.1 Å². The molecule has 16 heavy (non-hydrogen) atoms. The van der Waals surface area contributed by atoms with Crippen LogP contribution in [0.4, 0.5) is 4.39 Å². The summed E-state index contributed by atoms with van der Waals surface area (Å²) in [5, 5.41) is 3.29. The molecule has 0 radical (unpaired) electrons. The number of nitrogens with two attached hydrogens (primary N) is 1. The van der Waals surface area contributed by atoms with Gasteiger partial charge in [0.05, 0.1) is 0 Å². The number of hydrogen-bond donors (Lipinski definition) is 2. The quantitative estimate of drug-likeness (QED) is 0.806. The Hall–Kier alpha value is -0.930. The molecule has 3 heteroatoms. The lowest BCUT2D eigenvalue weighted by molar-refractivity contribution is 0.462. The first kappa shape index (κ1) is 13.1. The van der Waals surface area contributed by atoms with E-state index in [4.69, 9.17) is 5.73 Å². The van der Waals surface area contributed by atoms with Gasteiger partial charge in [0.1, 0.15) is 5.82 Å². The molecule has 1 aromatic carbocycles. The summed E-state index contributed by atoms with van der Waals surface area (Å²) >= 11 is 0. The molecule has 0 aliphatic rings. The number of benzene rings is 1. The molecular formula is C13H21FN2. The molecule has 0 amide bonds. The van der Waals surface area contributed by atoms with Crippen LogP contribution in [0.15, 0.2) is 18.2 Å². The summed E-state index contributed by atoms with van der Waals surface area (Å²) in [6.07, 6.45) is 0. The predicted molar refractivity (Wildman–Crippen MR) is 65.8 cm³/mol. The Labute approximate surface area is 97.0 Å². The molecule has 90 valence electrons. The summed E-state index contributed by atoms with van der Waals surface area (Å²) in [6, 6.07) is 5.04. The van der Waals surface area contributed by atoms with Gasteiger partial charge in [0.25, 0.3) is 0 Å². The van der Waals surface area contributed by atoms with Gasteiger partial charge >= 0.3 is 0 Å². The summed E-state index contributed by atoms with van der Waals surface area (Å²) < 4.78 is 13.6. The summed E-state index contributed by atoms with van der Waals surface area (Å²) in [6.45, 7) is 7.45. The average Bonchev–Trinajstić information content (AvgIpc) is 2.23. The summed E-state index contributed by atoms with van der Waals surface area (Å²) in [5.41, 5.74) is 7.41. The number of nitrogens with one attached hydrogen (secondary N) is 1. The number of halogens is 1. The number of hydrogen-bond acceptors (Lipinski definition) is 2. The van der Waals surface area contributed by atoms with Gasteiger partial charge in [0.2, 0.25) is 0 Å². The minimum absolute atomic E-state index is 0.0951. The van der Waals surface area contributed by atoms with Gasteiger partial charge in [0, 0.05) is 18.2 Å². The van der Waals surface area contributed by atoms with Crippen molar-refractivity contribution in [2.75, 3.05) is 13.1 Å². The standard InChI is InChI=1S/C13H21FN2/c1-9(2)8-16-13(7-15)11-6-10(3)4-5-12(11)14/h4-6,9,13,16H,7-8,15H2,1-3H3. The Morgan fingerprint density at radius 2 is 2.06 bits per heavy atom. The zero-order valence-corrected chi connectivity index (χ0v) is 10.3. The van der Waals surface area contributed by atoms with Crippen LogP contribution in [0.25, 0.3) is 0 Å². The largest absolute Gasteiger partial charge is 0.329 e. The van der Waals surface area contributed by atoms with Crippen molar-refractivity contribution in [1.82, 2.24) is 5.32 Å². The van der Waals surface area contributed by atoms with E-state index < -0.39 is 0 Å². The highest BCUT2D eigenvalue weighted by Gasteiger charge is 2.14. The normalized spacial score (nSPS) is 13.1. The fourth-order valence-electron chi connectivity index (χ4n) is 1.63. The third-order valence-electron chi connectivity index (χ3n) is 2.54. The van der Waals surface area contributed by atoms with Crippen LogP contribution in [0.2, 0.25) is 0 Å². The lowest BCUT2D eigenvalue weighted by Gasteiger charge is -2.19. The third-order valence-corrected chi connectivity index (χ3v) is 2.54. The predicted octanol–water partition coefficient (Wildman–Crippen LogP) is 2.38. The molecular weight excluding hydrogens is 203 g/mol. The van der Waals surface area contributed by atoms with Crippen LogP contribution < -0.4 is 11.1 Å². The van der Waals surface area contributed by atoms with Gasteiger partial charge in [-0.1, -0.05) is 31.5 Å². The third kappa shape index (κ3) is 3.58. The van der Waals surface area contributed by atoms with Gasteiger partial charge in [0.15, 0.2) is 0 Å². The van der Waals surface area contributed by atoms with E-state index in [1.807, 2.05) is 13.0 Å². The van der Waals surface area contributed by atoms with Crippen LogP contribution in [-0.2, 0) is 0 Å². The molecule has 2 nitrogen and oxygen atoms in total. The molecule has 3 N–H and O–H groups in total. The van der Waals surface area contributed by atoms with Crippen LogP contribution >= 0.6 is 0 Å². The minimum atomic E-state index is -0.183. The van der Waals surface area contributed by atoms with E-state index in [1.54, 1.807) is 6.07 Å². The Bertz CT molecular complexity index is 337. The van der Waals surface area contributed by atoms with Crippen LogP contribution in [0.5, 0.6) is 0 Å².